The Bertz CT molecular complexity index is 393. The highest BCUT2D eigenvalue weighted by Crippen LogP contribution is 2.40. The molecule has 1 unspecified atom stereocenters. The van der Waals surface area contributed by atoms with E-state index in [1.54, 1.807) is 12.1 Å². The summed E-state index contributed by atoms with van der Waals surface area (Å²) in [5.41, 5.74) is 0.268. The normalized spacial score (nSPS) is 11.8. The summed E-state index contributed by atoms with van der Waals surface area (Å²) in [7, 11) is 4.33. The van der Waals surface area contributed by atoms with Gasteiger partial charge in [0.2, 0.25) is 0 Å². The molecule has 0 heterocycles. The van der Waals surface area contributed by atoms with E-state index in [9.17, 15) is 4.79 Å². The lowest BCUT2D eigenvalue weighted by atomic mass is 10.1. The molecule has 94 valence electrons. The van der Waals surface area contributed by atoms with Crippen LogP contribution in [-0.2, 0) is 4.79 Å². The van der Waals surface area contributed by atoms with Crippen LogP contribution in [0.25, 0.3) is 0 Å². The van der Waals surface area contributed by atoms with Crippen LogP contribution in [0, 0.1) is 0 Å². The molecule has 0 bridgehead atoms. The zero-order chi connectivity index (χ0) is 13.0. The Hall–Kier alpha value is -1.62. The van der Waals surface area contributed by atoms with Crippen LogP contribution in [0.2, 0.25) is 0 Å². The lowest BCUT2D eigenvalue weighted by molar-refractivity contribution is -0.136. The van der Waals surface area contributed by atoms with Gasteiger partial charge in [-0.1, -0.05) is 0 Å². The van der Waals surface area contributed by atoms with E-state index in [4.69, 9.17) is 30.9 Å². The molecular formula is C11H13ClO5. The molecule has 0 saturated heterocycles. The number of alkyl halides is 1. The monoisotopic (exact) mass is 260 g/mol. The second-order valence-electron chi connectivity index (χ2n) is 3.15. The van der Waals surface area contributed by atoms with E-state index in [1.165, 1.54) is 21.3 Å². The van der Waals surface area contributed by atoms with Crippen molar-refractivity contribution in [2.75, 3.05) is 21.3 Å². The van der Waals surface area contributed by atoms with Gasteiger partial charge in [0.1, 0.15) is 17.2 Å². The summed E-state index contributed by atoms with van der Waals surface area (Å²) in [6.45, 7) is 0. The van der Waals surface area contributed by atoms with E-state index in [-0.39, 0.29) is 5.56 Å². The Balaban J connectivity index is 3.39. The number of hydrogen-bond donors (Lipinski definition) is 1. The first-order valence-corrected chi connectivity index (χ1v) is 5.15. The predicted octanol–water partition coefficient (Wildman–Crippen LogP) is 2.08. The Morgan fingerprint density at radius 2 is 1.65 bits per heavy atom. The standard InChI is InChI=1S/C11H13ClO5/c1-15-6-4-7(16-2)9(8(5-6)17-3)10(12)11(13)14/h4-5,10H,1-3H3,(H,13,14). The van der Waals surface area contributed by atoms with Gasteiger partial charge in [0.05, 0.1) is 26.9 Å². The van der Waals surface area contributed by atoms with Crippen molar-refractivity contribution in [3.05, 3.63) is 17.7 Å². The van der Waals surface area contributed by atoms with Crippen LogP contribution in [0.5, 0.6) is 17.2 Å². The Labute approximate surface area is 104 Å². The Kier molecular flexibility index (Phi) is 4.45. The Morgan fingerprint density at radius 3 is 1.94 bits per heavy atom. The summed E-state index contributed by atoms with van der Waals surface area (Å²) in [4.78, 5) is 10.9. The molecule has 17 heavy (non-hydrogen) atoms. The SMILES string of the molecule is COc1cc(OC)c(C(Cl)C(=O)O)c(OC)c1. The minimum absolute atomic E-state index is 0.268. The van der Waals surface area contributed by atoms with Gasteiger partial charge in [-0.2, -0.15) is 0 Å². The highest BCUT2D eigenvalue weighted by Gasteiger charge is 2.26. The van der Waals surface area contributed by atoms with Crippen LogP contribution in [0.1, 0.15) is 10.9 Å². The van der Waals surface area contributed by atoms with Gasteiger partial charge in [0.25, 0.3) is 0 Å². The lowest BCUT2D eigenvalue weighted by Crippen LogP contribution is -2.08. The average Bonchev–Trinajstić information content (AvgIpc) is 2.35. The number of aliphatic carboxylic acids is 1. The number of ether oxygens (including phenoxy) is 3. The van der Waals surface area contributed by atoms with Crippen molar-refractivity contribution in [3.63, 3.8) is 0 Å². The molecule has 0 aliphatic rings. The highest BCUT2D eigenvalue weighted by molar-refractivity contribution is 6.30. The maximum atomic E-state index is 10.9. The average molecular weight is 261 g/mol. The third kappa shape index (κ3) is 2.74. The predicted molar refractivity (Wildman–Crippen MR) is 62.3 cm³/mol. The van der Waals surface area contributed by atoms with Gasteiger partial charge in [0, 0.05) is 12.1 Å². The van der Waals surface area contributed by atoms with Crippen molar-refractivity contribution < 1.29 is 24.1 Å². The summed E-state index contributed by atoms with van der Waals surface area (Å²) in [6, 6.07) is 3.10. The van der Waals surface area contributed by atoms with Gasteiger partial charge >= 0.3 is 5.97 Å². The number of hydrogen-bond acceptors (Lipinski definition) is 4. The summed E-state index contributed by atoms with van der Waals surface area (Å²) < 4.78 is 15.2. The molecule has 6 heteroatoms. The first kappa shape index (κ1) is 13.4. The zero-order valence-electron chi connectivity index (χ0n) is 9.69. The van der Waals surface area contributed by atoms with Crippen LogP contribution in [0.4, 0.5) is 0 Å². The molecule has 0 aliphatic carbocycles. The van der Waals surface area contributed by atoms with Gasteiger partial charge in [-0.15, -0.1) is 11.6 Å². The van der Waals surface area contributed by atoms with E-state index in [2.05, 4.69) is 0 Å². The molecule has 5 nitrogen and oxygen atoms in total. The van der Waals surface area contributed by atoms with Crippen LogP contribution in [-0.4, -0.2) is 32.4 Å². The molecule has 1 aromatic carbocycles. The number of halogens is 1. The number of benzene rings is 1. The largest absolute Gasteiger partial charge is 0.496 e. The molecule has 1 atom stereocenters. The molecule has 1 aromatic rings. The first-order valence-electron chi connectivity index (χ1n) is 4.72. The molecule has 0 saturated carbocycles. The van der Waals surface area contributed by atoms with Crippen molar-refractivity contribution in [1.82, 2.24) is 0 Å². The van der Waals surface area contributed by atoms with Crippen LogP contribution in [0.15, 0.2) is 12.1 Å². The second-order valence-corrected chi connectivity index (χ2v) is 3.58. The fraction of sp³-hybridized carbons (Fsp3) is 0.364. The van der Waals surface area contributed by atoms with Crippen molar-refractivity contribution >= 4 is 17.6 Å². The first-order chi connectivity index (χ1) is 8.04. The summed E-state index contributed by atoms with van der Waals surface area (Å²) in [6.07, 6.45) is 0. The summed E-state index contributed by atoms with van der Waals surface area (Å²) in [5.74, 6) is -0.0580. The molecule has 1 N–H and O–H groups in total. The van der Waals surface area contributed by atoms with Crippen molar-refractivity contribution in [1.29, 1.82) is 0 Å². The number of rotatable bonds is 5. The molecule has 1 rings (SSSR count). The second kappa shape index (κ2) is 5.63. The highest BCUT2D eigenvalue weighted by atomic mass is 35.5. The molecule has 0 amide bonds. The maximum absolute atomic E-state index is 10.9. The van der Waals surface area contributed by atoms with Crippen LogP contribution < -0.4 is 14.2 Å². The van der Waals surface area contributed by atoms with Gasteiger partial charge < -0.3 is 19.3 Å². The fourth-order valence-corrected chi connectivity index (χ4v) is 1.62. The van der Waals surface area contributed by atoms with Crippen molar-refractivity contribution in [2.45, 2.75) is 5.38 Å². The van der Waals surface area contributed by atoms with Crippen LogP contribution >= 0.6 is 11.6 Å². The summed E-state index contributed by atoms with van der Waals surface area (Å²) >= 11 is 5.80. The molecule has 0 spiro atoms. The van der Waals surface area contributed by atoms with E-state index in [0.29, 0.717) is 17.2 Å². The van der Waals surface area contributed by atoms with E-state index < -0.39 is 11.3 Å². The van der Waals surface area contributed by atoms with E-state index in [0.717, 1.165) is 0 Å². The molecule has 0 aromatic heterocycles. The molecule has 0 radical (unpaired) electrons. The number of carboxylic acids is 1. The van der Waals surface area contributed by atoms with Crippen molar-refractivity contribution in [3.8, 4) is 17.2 Å². The molecule has 0 fully saturated rings. The number of carboxylic acid groups (broad SMARTS) is 1. The Morgan fingerprint density at radius 1 is 1.18 bits per heavy atom. The quantitative estimate of drug-likeness (QED) is 0.821. The van der Waals surface area contributed by atoms with Gasteiger partial charge in [-0.05, 0) is 0 Å². The van der Waals surface area contributed by atoms with Crippen molar-refractivity contribution in [2.24, 2.45) is 0 Å². The summed E-state index contributed by atoms with van der Waals surface area (Å²) in [5, 5.41) is 7.68. The van der Waals surface area contributed by atoms with Gasteiger partial charge in [0.15, 0.2) is 5.38 Å². The topological polar surface area (TPSA) is 65.0 Å². The fourth-order valence-electron chi connectivity index (χ4n) is 1.41. The lowest BCUT2D eigenvalue weighted by Gasteiger charge is -2.16. The smallest absolute Gasteiger partial charge is 0.326 e. The van der Waals surface area contributed by atoms with E-state index in [1.807, 2.05) is 0 Å². The molecular weight excluding hydrogens is 248 g/mol. The molecule has 0 aliphatic heterocycles. The van der Waals surface area contributed by atoms with E-state index >= 15 is 0 Å². The minimum Gasteiger partial charge on any atom is -0.496 e. The zero-order valence-corrected chi connectivity index (χ0v) is 10.4. The third-order valence-corrected chi connectivity index (χ3v) is 2.63. The van der Waals surface area contributed by atoms with Gasteiger partial charge in [-0.25, -0.2) is 0 Å². The number of carbonyl (C=O) groups is 1. The minimum atomic E-state index is -1.24. The van der Waals surface area contributed by atoms with Crippen LogP contribution in [0.3, 0.4) is 0 Å². The maximum Gasteiger partial charge on any atom is 0.326 e. The number of methoxy groups -OCH3 is 3. The van der Waals surface area contributed by atoms with Gasteiger partial charge in [-0.3, -0.25) is 4.79 Å². The third-order valence-electron chi connectivity index (χ3n) is 2.22.